The van der Waals surface area contributed by atoms with E-state index in [1.165, 1.54) is 0 Å². The molecule has 1 rings (SSSR count). The van der Waals surface area contributed by atoms with Gasteiger partial charge in [0.25, 0.3) is 0 Å². The van der Waals surface area contributed by atoms with Crippen molar-refractivity contribution in [1.82, 2.24) is 15.4 Å². The Bertz CT molecular complexity index is 175. The molecule has 0 fully saturated rings. The summed E-state index contributed by atoms with van der Waals surface area (Å²) in [7, 11) is 0. The zero-order valence-corrected chi connectivity index (χ0v) is 5.57. The topological polar surface area (TPSA) is 38.7 Å². The van der Waals surface area contributed by atoms with Gasteiger partial charge in [-0.3, -0.25) is 0 Å². The van der Waals surface area contributed by atoms with Gasteiger partial charge in [-0.1, -0.05) is 13.6 Å². The summed E-state index contributed by atoms with van der Waals surface area (Å²) in [5.74, 6) is 0. The monoisotopic (exact) mass is 121 g/mol. The molecule has 0 atom stereocenters. The first-order valence-electron chi connectivity index (χ1n) is 2.95. The molecule has 0 unspecified atom stereocenters. The van der Waals surface area contributed by atoms with Crippen LogP contribution in [0.4, 0.5) is 0 Å². The molecule has 1 aromatic heterocycles. The molecule has 3 nitrogen and oxygen atoms in total. The average Bonchev–Trinajstić information content (AvgIpc) is 1.90. The van der Waals surface area contributed by atoms with Crippen molar-refractivity contribution < 1.29 is 0 Å². The first kappa shape index (κ1) is 6.20. The predicted molar refractivity (Wildman–Crippen MR) is 36.9 cm³/mol. The second-order valence-corrected chi connectivity index (χ2v) is 2.20. The highest BCUT2D eigenvalue weighted by Gasteiger charge is 2.02. The Morgan fingerprint density at radius 3 is 2.56 bits per heavy atom. The largest absolute Gasteiger partial charge is 0.196 e. The van der Waals surface area contributed by atoms with Crippen LogP contribution in [-0.4, -0.2) is 22.1 Å². The van der Waals surface area contributed by atoms with Crippen LogP contribution in [0.3, 0.4) is 0 Å². The van der Waals surface area contributed by atoms with Crippen molar-refractivity contribution in [1.29, 1.82) is 0 Å². The fourth-order valence-electron chi connectivity index (χ4n) is 0.558. The van der Waals surface area contributed by atoms with Gasteiger partial charge in [0.1, 0.15) is 0 Å². The van der Waals surface area contributed by atoms with Crippen LogP contribution < -0.4 is 5.59 Å². The zero-order valence-electron chi connectivity index (χ0n) is 5.57. The third-order valence-corrected chi connectivity index (χ3v) is 1.12. The molecule has 0 N–H and O–H groups in total. The molecule has 0 aliphatic rings. The van der Waals surface area contributed by atoms with Gasteiger partial charge in [0.05, 0.1) is 6.20 Å². The normalized spacial score (nSPS) is 9.11. The Morgan fingerprint density at radius 2 is 2.22 bits per heavy atom. The quantitative estimate of drug-likeness (QED) is 0.484. The smallest absolute Gasteiger partial charge is 0.145 e. The molecule has 0 aliphatic heterocycles. The average molecular weight is 121 g/mol. The molecule has 0 saturated carbocycles. The summed E-state index contributed by atoms with van der Waals surface area (Å²) < 4.78 is 0. The molecule has 0 saturated heterocycles. The van der Waals surface area contributed by atoms with Crippen LogP contribution in [0.1, 0.15) is 0 Å². The van der Waals surface area contributed by atoms with Crippen molar-refractivity contribution in [2.45, 2.75) is 13.6 Å². The summed E-state index contributed by atoms with van der Waals surface area (Å²) in [6, 6.07) is 1.87. The minimum atomic E-state index is 0.445. The molecule has 46 valence electrons. The highest BCUT2D eigenvalue weighted by Crippen LogP contribution is 1.76. The van der Waals surface area contributed by atoms with Crippen LogP contribution in [0.5, 0.6) is 0 Å². The number of hydrogen-bond donors (Lipinski definition) is 0. The first-order chi connectivity index (χ1) is 4.30. The van der Waals surface area contributed by atoms with Crippen LogP contribution >= 0.6 is 0 Å². The minimum Gasteiger partial charge on any atom is -0.145 e. The van der Waals surface area contributed by atoms with Gasteiger partial charge in [0.15, 0.2) is 6.71 Å². The summed E-state index contributed by atoms with van der Waals surface area (Å²) >= 11 is 0. The van der Waals surface area contributed by atoms with Gasteiger partial charge in [0.2, 0.25) is 0 Å². The lowest BCUT2D eigenvalue weighted by molar-refractivity contribution is 0.880. The van der Waals surface area contributed by atoms with Crippen molar-refractivity contribution in [3.8, 4) is 0 Å². The number of rotatable bonds is 1. The summed E-state index contributed by atoms with van der Waals surface area (Å²) in [5.41, 5.74) is 0.991. The van der Waals surface area contributed by atoms with Gasteiger partial charge < -0.3 is 0 Å². The summed E-state index contributed by atoms with van der Waals surface area (Å²) in [4.78, 5) is 0. The molecule has 1 aromatic rings. The minimum absolute atomic E-state index is 0.445. The van der Waals surface area contributed by atoms with E-state index in [9.17, 15) is 0 Å². The highest BCUT2D eigenvalue weighted by atomic mass is 15.3. The second kappa shape index (κ2) is 2.57. The van der Waals surface area contributed by atoms with Gasteiger partial charge in [0, 0.05) is 5.59 Å². The molecular weight excluding hydrogens is 113 g/mol. The zero-order chi connectivity index (χ0) is 6.69. The maximum absolute atomic E-state index is 3.82. The highest BCUT2D eigenvalue weighted by molar-refractivity contribution is 6.69. The third-order valence-electron chi connectivity index (χ3n) is 1.12. The lowest BCUT2D eigenvalue weighted by Crippen LogP contribution is -2.26. The van der Waals surface area contributed by atoms with E-state index in [1.807, 2.05) is 6.07 Å². The van der Waals surface area contributed by atoms with Gasteiger partial charge in [-0.05, 0) is 11.3 Å². The Balaban J connectivity index is 2.85. The van der Waals surface area contributed by atoms with E-state index >= 15 is 0 Å². The van der Waals surface area contributed by atoms with Crippen LogP contribution in [-0.2, 0) is 0 Å². The van der Waals surface area contributed by atoms with Gasteiger partial charge >= 0.3 is 0 Å². The van der Waals surface area contributed by atoms with Crippen molar-refractivity contribution in [3.63, 3.8) is 0 Å². The van der Waals surface area contributed by atoms with Crippen molar-refractivity contribution in [3.05, 3.63) is 12.3 Å². The van der Waals surface area contributed by atoms with Crippen molar-refractivity contribution >= 4 is 12.3 Å². The number of aromatic nitrogens is 3. The van der Waals surface area contributed by atoms with Crippen molar-refractivity contribution in [2.24, 2.45) is 0 Å². The lowest BCUT2D eigenvalue weighted by Gasteiger charge is -1.94. The predicted octanol–water partition coefficient (Wildman–Crippen LogP) is -0.167. The summed E-state index contributed by atoms with van der Waals surface area (Å²) in [5, 5.41) is 10.9. The SMILES string of the molecule is CB(C)c1ccnnn1. The molecule has 0 radical (unpaired) electrons. The van der Waals surface area contributed by atoms with Crippen LogP contribution in [0.15, 0.2) is 12.3 Å². The Labute approximate surface area is 54.6 Å². The van der Waals surface area contributed by atoms with Gasteiger partial charge in [-0.25, -0.2) is 0 Å². The van der Waals surface area contributed by atoms with Crippen LogP contribution in [0.25, 0.3) is 0 Å². The number of nitrogens with zero attached hydrogens (tertiary/aromatic N) is 3. The maximum atomic E-state index is 3.82. The first-order valence-corrected chi connectivity index (χ1v) is 2.95. The van der Waals surface area contributed by atoms with Crippen LogP contribution in [0.2, 0.25) is 13.6 Å². The second-order valence-electron chi connectivity index (χ2n) is 2.20. The molecule has 4 heteroatoms. The van der Waals surface area contributed by atoms with Crippen molar-refractivity contribution in [2.75, 3.05) is 0 Å². The Kier molecular flexibility index (Phi) is 1.77. The van der Waals surface area contributed by atoms with Crippen LogP contribution in [0, 0.1) is 0 Å². The van der Waals surface area contributed by atoms with E-state index < -0.39 is 0 Å². The molecular formula is C5H8BN3. The Hall–Kier alpha value is -0.925. The van der Waals surface area contributed by atoms with E-state index in [4.69, 9.17) is 0 Å². The molecule has 0 amide bonds. The molecule has 9 heavy (non-hydrogen) atoms. The molecule has 0 spiro atoms. The van der Waals surface area contributed by atoms with E-state index in [0.717, 1.165) is 5.59 Å². The van der Waals surface area contributed by atoms with E-state index in [-0.39, 0.29) is 0 Å². The van der Waals surface area contributed by atoms with Gasteiger partial charge in [-0.2, -0.15) is 0 Å². The summed E-state index contributed by atoms with van der Waals surface area (Å²) in [6.07, 6.45) is 1.66. The molecule has 0 bridgehead atoms. The van der Waals surface area contributed by atoms with E-state index in [0.29, 0.717) is 6.71 Å². The maximum Gasteiger partial charge on any atom is 0.196 e. The van der Waals surface area contributed by atoms with E-state index in [2.05, 4.69) is 29.1 Å². The lowest BCUT2D eigenvalue weighted by atomic mass is 9.52. The fourth-order valence-corrected chi connectivity index (χ4v) is 0.558. The third kappa shape index (κ3) is 1.49. The number of hydrogen-bond acceptors (Lipinski definition) is 3. The standard InChI is InChI=1S/C5H8BN3/c1-6(2)5-3-4-7-9-8-5/h3-4H,1-2H3. The molecule has 0 aromatic carbocycles. The summed E-state index contributed by atoms with van der Waals surface area (Å²) in [6.45, 7) is 4.59. The van der Waals surface area contributed by atoms with E-state index in [1.54, 1.807) is 6.20 Å². The Morgan fingerprint density at radius 1 is 1.44 bits per heavy atom. The molecule has 1 heterocycles. The molecule has 0 aliphatic carbocycles. The fraction of sp³-hybridized carbons (Fsp3) is 0.400. The van der Waals surface area contributed by atoms with Gasteiger partial charge in [-0.15, -0.1) is 10.2 Å².